The van der Waals surface area contributed by atoms with E-state index in [1.54, 1.807) is 0 Å². The summed E-state index contributed by atoms with van der Waals surface area (Å²) in [5.74, 6) is 2.88. The third-order valence-corrected chi connectivity index (χ3v) is 2.04. The zero-order valence-electron chi connectivity index (χ0n) is 8.37. The molecule has 0 bridgehead atoms. The van der Waals surface area contributed by atoms with Gasteiger partial charge in [-0.1, -0.05) is 23.6 Å². The lowest BCUT2D eigenvalue weighted by Gasteiger charge is -2.07. The predicted octanol–water partition coefficient (Wildman–Crippen LogP) is 2.00. The molecule has 1 amide bonds. The van der Waals surface area contributed by atoms with Gasteiger partial charge in [-0.05, 0) is 25.0 Å². The van der Waals surface area contributed by atoms with Crippen molar-refractivity contribution in [1.82, 2.24) is 0 Å². The summed E-state index contributed by atoms with van der Waals surface area (Å²) in [5, 5.41) is 11.4. The minimum absolute atomic E-state index is 0.0596. The number of anilines is 1. The van der Waals surface area contributed by atoms with Gasteiger partial charge in [0.2, 0.25) is 0 Å². The summed E-state index contributed by atoms with van der Waals surface area (Å²) in [5.41, 5.74) is -0.0110. The van der Waals surface area contributed by atoms with Crippen molar-refractivity contribution in [2.24, 2.45) is 0 Å². The van der Waals surface area contributed by atoms with Gasteiger partial charge in [0.05, 0.1) is 16.3 Å². The molecule has 0 spiro atoms. The van der Waals surface area contributed by atoms with Gasteiger partial charge in [0.15, 0.2) is 0 Å². The Morgan fingerprint density at radius 1 is 1.44 bits per heavy atom. The van der Waals surface area contributed by atoms with Crippen LogP contribution in [0, 0.1) is 11.8 Å². The quantitative estimate of drug-likeness (QED) is 0.773. The molecule has 0 saturated heterocycles. The number of carbonyl (C=O) groups is 2. The van der Waals surface area contributed by atoms with Gasteiger partial charge < -0.3 is 10.4 Å². The average molecular weight is 238 g/mol. The Morgan fingerprint density at radius 3 is 2.69 bits per heavy atom. The first-order valence-corrected chi connectivity index (χ1v) is 4.69. The van der Waals surface area contributed by atoms with Crippen molar-refractivity contribution >= 4 is 29.2 Å². The first-order chi connectivity index (χ1) is 7.56. The molecule has 0 aliphatic carbocycles. The molecule has 0 aliphatic heterocycles. The molecule has 5 heteroatoms. The topological polar surface area (TPSA) is 66.4 Å². The van der Waals surface area contributed by atoms with Gasteiger partial charge in [-0.3, -0.25) is 4.79 Å². The van der Waals surface area contributed by atoms with Gasteiger partial charge in [-0.15, -0.1) is 0 Å². The van der Waals surface area contributed by atoms with Crippen molar-refractivity contribution in [2.45, 2.75) is 6.92 Å². The lowest BCUT2D eigenvalue weighted by atomic mass is 10.2. The zero-order valence-corrected chi connectivity index (χ0v) is 9.13. The average Bonchev–Trinajstić information content (AvgIpc) is 2.21. The SMILES string of the molecule is CC#CC(=O)Nc1c(Cl)cccc1C(=O)O. The number of aromatic carboxylic acids is 1. The number of nitrogens with one attached hydrogen (secondary N) is 1. The molecule has 1 aromatic carbocycles. The van der Waals surface area contributed by atoms with Gasteiger partial charge in [0.25, 0.3) is 5.91 Å². The summed E-state index contributed by atoms with van der Waals surface area (Å²) in [7, 11) is 0. The Hall–Kier alpha value is -1.99. The maximum atomic E-state index is 11.2. The summed E-state index contributed by atoms with van der Waals surface area (Å²) in [6.07, 6.45) is 0. The number of para-hydroxylation sites is 1. The molecule has 0 atom stereocenters. The van der Waals surface area contributed by atoms with Gasteiger partial charge in [0.1, 0.15) is 0 Å². The predicted molar refractivity (Wildman–Crippen MR) is 60.5 cm³/mol. The Balaban J connectivity index is 3.14. The summed E-state index contributed by atoms with van der Waals surface area (Å²) >= 11 is 5.79. The Labute approximate surface area is 97.2 Å². The van der Waals surface area contributed by atoms with Crippen molar-refractivity contribution in [3.05, 3.63) is 28.8 Å². The van der Waals surface area contributed by atoms with E-state index in [0.29, 0.717) is 0 Å². The summed E-state index contributed by atoms with van der Waals surface area (Å²) in [6.45, 7) is 1.50. The van der Waals surface area contributed by atoms with Crippen LogP contribution in [0.4, 0.5) is 5.69 Å². The summed E-state index contributed by atoms with van der Waals surface area (Å²) < 4.78 is 0. The number of rotatable bonds is 2. The molecule has 1 rings (SSSR count). The van der Waals surface area contributed by atoms with E-state index < -0.39 is 11.9 Å². The first-order valence-electron chi connectivity index (χ1n) is 4.31. The van der Waals surface area contributed by atoms with Crippen LogP contribution in [0.5, 0.6) is 0 Å². The van der Waals surface area contributed by atoms with Crippen LogP contribution in [0.25, 0.3) is 0 Å². The van der Waals surface area contributed by atoms with Crippen LogP contribution in [-0.2, 0) is 4.79 Å². The van der Waals surface area contributed by atoms with Crippen LogP contribution in [0.1, 0.15) is 17.3 Å². The van der Waals surface area contributed by atoms with Crippen LogP contribution >= 0.6 is 11.6 Å². The second kappa shape index (κ2) is 5.19. The first kappa shape index (κ1) is 12.1. The highest BCUT2D eigenvalue weighted by atomic mass is 35.5. The number of carboxylic acids is 1. The molecule has 4 nitrogen and oxygen atoms in total. The molecule has 16 heavy (non-hydrogen) atoms. The van der Waals surface area contributed by atoms with E-state index >= 15 is 0 Å². The highest BCUT2D eigenvalue weighted by molar-refractivity contribution is 6.34. The minimum Gasteiger partial charge on any atom is -0.478 e. The van der Waals surface area contributed by atoms with E-state index in [0.717, 1.165) is 0 Å². The van der Waals surface area contributed by atoms with E-state index in [9.17, 15) is 9.59 Å². The molecule has 0 fully saturated rings. The highest BCUT2D eigenvalue weighted by Crippen LogP contribution is 2.25. The lowest BCUT2D eigenvalue weighted by molar-refractivity contribution is -0.111. The van der Waals surface area contributed by atoms with Crippen LogP contribution in [0.2, 0.25) is 5.02 Å². The van der Waals surface area contributed by atoms with Crippen molar-refractivity contribution in [3.63, 3.8) is 0 Å². The smallest absolute Gasteiger partial charge is 0.337 e. The van der Waals surface area contributed by atoms with Crippen molar-refractivity contribution in [2.75, 3.05) is 5.32 Å². The van der Waals surface area contributed by atoms with Crippen molar-refractivity contribution in [1.29, 1.82) is 0 Å². The lowest BCUT2D eigenvalue weighted by Crippen LogP contribution is -2.12. The fraction of sp³-hybridized carbons (Fsp3) is 0.0909. The Kier molecular flexibility index (Phi) is 3.92. The van der Waals surface area contributed by atoms with Gasteiger partial charge in [-0.25, -0.2) is 4.79 Å². The number of hydrogen-bond acceptors (Lipinski definition) is 2. The number of halogens is 1. The van der Waals surface area contributed by atoms with E-state index in [4.69, 9.17) is 16.7 Å². The third-order valence-electron chi connectivity index (χ3n) is 1.72. The van der Waals surface area contributed by atoms with E-state index in [1.807, 2.05) is 0 Å². The van der Waals surface area contributed by atoms with E-state index in [1.165, 1.54) is 25.1 Å². The second-order valence-electron chi connectivity index (χ2n) is 2.80. The monoisotopic (exact) mass is 237 g/mol. The standard InChI is InChI=1S/C11H8ClNO3/c1-2-4-9(14)13-10-7(11(15)16)5-3-6-8(10)12/h3,5-6H,1H3,(H,13,14)(H,15,16). The Bertz CT molecular complexity index is 500. The maximum Gasteiger partial charge on any atom is 0.337 e. The molecule has 0 saturated carbocycles. The number of amides is 1. The van der Waals surface area contributed by atoms with E-state index in [-0.39, 0.29) is 16.3 Å². The largest absolute Gasteiger partial charge is 0.478 e. The molecule has 82 valence electrons. The number of hydrogen-bond donors (Lipinski definition) is 2. The van der Waals surface area contributed by atoms with Crippen molar-refractivity contribution < 1.29 is 14.7 Å². The zero-order chi connectivity index (χ0) is 12.1. The number of benzene rings is 1. The van der Waals surface area contributed by atoms with E-state index in [2.05, 4.69) is 17.2 Å². The minimum atomic E-state index is -1.16. The molecule has 1 aromatic rings. The van der Waals surface area contributed by atoms with Gasteiger partial charge in [-0.2, -0.15) is 0 Å². The van der Waals surface area contributed by atoms with Crippen molar-refractivity contribution in [3.8, 4) is 11.8 Å². The molecule has 2 N–H and O–H groups in total. The normalized spacial score (nSPS) is 8.88. The highest BCUT2D eigenvalue weighted by Gasteiger charge is 2.14. The summed E-state index contributed by atoms with van der Waals surface area (Å²) in [4.78, 5) is 22.1. The molecule has 0 aliphatic rings. The van der Waals surface area contributed by atoms with Crippen LogP contribution in [-0.4, -0.2) is 17.0 Å². The molecular formula is C11H8ClNO3. The fourth-order valence-corrected chi connectivity index (χ4v) is 1.31. The fourth-order valence-electron chi connectivity index (χ4n) is 1.09. The number of carbonyl (C=O) groups excluding carboxylic acids is 1. The van der Waals surface area contributed by atoms with Gasteiger partial charge in [0, 0.05) is 0 Å². The molecule has 0 heterocycles. The molecule has 0 aromatic heterocycles. The molecular weight excluding hydrogens is 230 g/mol. The van der Waals surface area contributed by atoms with Crippen LogP contribution in [0.3, 0.4) is 0 Å². The molecule has 0 unspecified atom stereocenters. The molecule has 0 radical (unpaired) electrons. The van der Waals surface area contributed by atoms with Crippen LogP contribution in [0.15, 0.2) is 18.2 Å². The van der Waals surface area contributed by atoms with Gasteiger partial charge >= 0.3 is 5.97 Å². The van der Waals surface area contributed by atoms with Crippen LogP contribution < -0.4 is 5.32 Å². The second-order valence-corrected chi connectivity index (χ2v) is 3.20. The summed E-state index contributed by atoms with van der Waals surface area (Å²) in [6, 6.07) is 4.33. The number of carboxylic acid groups (broad SMARTS) is 1. The maximum absolute atomic E-state index is 11.2. The Morgan fingerprint density at radius 2 is 2.12 bits per heavy atom. The third kappa shape index (κ3) is 2.75.